The minimum absolute atomic E-state index is 0.138. The molecule has 1 aliphatic carbocycles. The predicted octanol–water partition coefficient (Wildman–Crippen LogP) is 2.38. The van der Waals surface area contributed by atoms with Crippen molar-refractivity contribution in [3.05, 3.63) is 34.4 Å². The van der Waals surface area contributed by atoms with E-state index in [2.05, 4.69) is 11.5 Å². The van der Waals surface area contributed by atoms with Crippen LogP contribution in [-0.4, -0.2) is 36.4 Å². The van der Waals surface area contributed by atoms with E-state index in [4.69, 9.17) is 20.9 Å². The number of rotatable bonds is 1. The van der Waals surface area contributed by atoms with Gasteiger partial charge in [-0.15, -0.1) is 0 Å². The Morgan fingerprint density at radius 3 is 2.45 bits per heavy atom. The Hall–Kier alpha value is -0.745. The van der Waals surface area contributed by atoms with Crippen molar-refractivity contribution in [2.45, 2.75) is 44.9 Å². The first kappa shape index (κ1) is 14.2. The fourth-order valence-electron chi connectivity index (χ4n) is 2.55. The van der Waals surface area contributed by atoms with Crippen LogP contribution in [0.25, 0.3) is 0 Å². The van der Waals surface area contributed by atoms with Crippen LogP contribution in [0, 0.1) is 0 Å². The summed E-state index contributed by atoms with van der Waals surface area (Å²) in [7, 11) is 1.54. The Bertz CT molecular complexity index is 523. The molecule has 1 saturated heterocycles. The second-order valence-corrected chi connectivity index (χ2v) is 6.90. The number of hydrazine groups is 1. The highest BCUT2D eigenvalue weighted by atomic mass is 35.5. The van der Waals surface area contributed by atoms with Crippen LogP contribution in [0.5, 0.6) is 0 Å². The molecule has 4 nitrogen and oxygen atoms in total. The molecule has 1 atom stereocenters. The lowest BCUT2D eigenvalue weighted by Gasteiger charge is -2.32. The SMILES string of the molecule is CN1C=C2C(Cl)=C(B3OC(C)(C)C(C)(C)O3)C=CC2N1. The highest BCUT2D eigenvalue weighted by molar-refractivity contribution is 6.58. The van der Waals surface area contributed by atoms with Gasteiger partial charge in [-0.1, -0.05) is 23.8 Å². The molecular weight excluding hydrogens is 274 g/mol. The number of hydrogen-bond acceptors (Lipinski definition) is 4. The molecule has 0 spiro atoms. The summed E-state index contributed by atoms with van der Waals surface area (Å²) in [4.78, 5) is 0. The molecule has 0 aromatic heterocycles. The van der Waals surface area contributed by atoms with Crippen molar-refractivity contribution < 1.29 is 9.31 Å². The van der Waals surface area contributed by atoms with Crippen molar-refractivity contribution in [3.63, 3.8) is 0 Å². The van der Waals surface area contributed by atoms with Gasteiger partial charge in [0, 0.05) is 29.3 Å². The molecule has 3 aliphatic rings. The number of nitrogens with zero attached hydrogens (tertiary/aromatic N) is 1. The second-order valence-electron chi connectivity index (χ2n) is 6.52. The molecule has 20 heavy (non-hydrogen) atoms. The molecule has 1 fully saturated rings. The number of halogens is 1. The molecule has 0 aromatic carbocycles. The first-order chi connectivity index (χ1) is 9.21. The smallest absolute Gasteiger partial charge is 0.399 e. The quantitative estimate of drug-likeness (QED) is 0.753. The third-order valence-corrected chi connectivity index (χ3v) is 4.93. The van der Waals surface area contributed by atoms with Crippen LogP contribution in [0.1, 0.15) is 27.7 Å². The van der Waals surface area contributed by atoms with Crippen molar-refractivity contribution in [2.75, 3.05) is 7.05 Å². The summed E-state index contributed by atoms with van der Waals surface area (Å²) in [5, 5.41) is 2.63. The predicted molar refractivity (Wildman–Crippen MR) is 80.9 cm³/mol. The van der Waals surface area contributed by atoms with Gasteiger partial charge in [-0.3, -0.25) is 0 Å². The molecular formula is C14H20BClN2O2. The van der Waals surface area contributed by atoms with E-state index in [1.165, 1.54) is 0 Å². The van der Waals surface area contributed by atoms with Crippen LogP contribution < -0.4 is 5.43 Å². The summed E-state index contributed by atoms with van der Waals surface area (Å²) >= 11 is 6.55. The zero-order chi connectivity index (χ0) is 14.7. The summed E-state index contributed by atoms with van der Waals surface area (Å²) in [5.74, 6) is 0. The zero-order valence-corrected chi connectivity index (χ0v) is 13.3. The lowest BCUT2D eigenvalue weighted by molar-refractivity contribution is 0.00578. The number of fused-ring (bicyclic) bond motifs is 1. The fourth-order valence-corrected chi connectivity index (χ4v) is 2.87. The minimum Gasteiger partial charge on any atom is -0.399 e. The summed E-state index contributed by atoms with van der Waals surface area (Å²) in [6.07, 6.45) is 6.09. The van der Waals surface area contributed by atoms with Gasteiger partial charge in [0.15, 0.2) is 0 Å². The van der Waals surface area contributed by atoms with E-state index in [0.29, 0.717) is 5.03 Å². The average Bonchev–Trinajstić information content (AvgIpc) is 2.78. The molecule has 108 valence electrons. The molecule has 0 amide bonds. The van der Waals surface area contributed by atoms with Gasteiger partial charge in [0.25, 0.3) is 0 Å². The van der Waals surface area contributed by atoms with E-state index >= 15 is 0 Å². The molecule has 0 saturated carbocycles. The van der Waals surface area contributed by atoms with Crippen LogP contribution >= 0.6 is 11.6 Å². The normalized spacial score (nSPS) is 30.9. The Balaban J connectivity index is 1.93. The Morgan fingerprint density at radius 2 is 1.85 bits per heavy atom. The molecule has 1 unspecified atom stereocenters. The number of nitrogens with one attached hydrogen (secondary N) is 1. The van der Waals surface area contributed by atoms with Gasteiger partial charge in [0.1, 0.15) is 0 Å². The van der Waals surface area contributed by atoms with Gasteiger partial charge >= 0.3 is 7.12 Å². The van der Waals surface area contributed by atoms with Crippen LogP contribution in [-0.2, 0) is 9.31 Å². The van der Waals surface area contributed by atoms with E-state index in [-0.39, 0.29) is 17.2 Å². The zero-order valence-electron chi connectivity index (χ0n) is 12.5. The Labute approximate surface area is 125 Å². The maximum atomic E-state index is 6.55. The van der Waals surface area contributed by atoms with Crippen LogP contribution in [0.3, 0.4) is 0 Å². The Kier molecular flexibility index (Phi) is 3.11. The third kappa shape index (κ3) is 2.04. The third-order valence-electron chi connectivity index (χ3n) is 4.49. The topological polar surface area (TPSA) is 33.7 Å². The van der Waals surface area contributed by atoms with Gasteiger partial charge in [0.05, 0.1) is 17.2 Å². The van der Waals surface area contributed by atoms with Gasteiger partial charge in [-0.2, -0.15) is 0 Å². The number of hydrogen-bond donors (Lipinski definition) is 1. The molecule has 0 aromatic rings. The van der Waals surface area contributed by atoms with E-state index in [1.54, 1.807) is 0 Å². The fraction of sp³-hybridized carbons (Fsp3) is 0.571. The molecule has 0 bridgehead atoms. The van der Waals surface area contributed by atoms with E-state index < -0.39 is 7.12 Å². The monoisotopic (exact) mass is 294 g/mol. The van der Waals surface area contributed by atoms with Crippen molar-refractivity contribution in [3.8, 4) is 0 Å². The average molecular weight is 295 g/mol. The molecule has 1 N–H and O–H groups in total. The van der Waals surface area contributed by atoms with Gasteiger partial charge in [0.2, 0.25) is 0 Å². The van der Waals surface area contributed by atoms with Crippen molar-refractivity contribution in [1.29, 1.82) is 0 Å². The Morgan fingerprint density at radius 1 is 1.25 bits per heavy atom. The second kappa shape index (κ2) is 4.37. The van der Waals surface area contributed by atoms with Gasteiger partial charge < -0.3 is 14.3 Å². The van der Waals surface area contributed by atoms with Crippen molar-refractivity contribution >= 4 is 18.7 Å². The van der Waals surface area contributed by atoms with E-state index in [0.717, 1.165) is 11.0 Å². The standard InChI is InChI=1S/C14H20BClN2O2/c1-13(2)14(3,4)20-15(19-13)10-6-7-11-9(12(10)16)8-18(5)17-11/h6-8,11,17H,1-5H3. The van der Waals surface area contributed by atoms with Gasteiger partial charge in [-0.25, -0.2) is 5.43 Å². The summed E-state index contributed by atoms with van der Waals surface area (Å²) in [6, 6.07) is 0.138. The first-order valence-corrected chi connectivity index (χ1v) is 7.24. The van der Waals surface area contributed by atoms with Crippen LogP contribution in [0.15, 0.2) is 34.4 Å². The summed E-state index contributed by atoms with van der Waals surface area (Å²) in [6.45, 7) is 8.17. The molecule has 0 radical (unpaired) electrons. The van der Waals surface area contributed by atoms with Crippen molar-refractivity contribution in [2.24, 2.45) is 0 Å². The first-order valence-electron chi connectivity index (χ1n) is 6.86. The molecule has 2 aliphatic heterocycles. The molecule has 3 rings (SSSR count). The summed E-state index contributed by atoms with van der Waals surface area (Å²) < 4.78 is 12.1. The van der Waals surface area contributed by atoms with Gasteiger partial charge in [-0.05, 0) is 27.7 Å². The lowest BCUT2D eigenvalue weighted by Crippen LogP contribution is -2.41. The van der Waals surface area contributed by atoms with E-state index in [1.807, 2.05) is 52.0 Å². The van der Waals surface area contributed by atoms with Crippen LogP contribution in [0.4, 0.5) is 0 Å². The highest BCUT2D eigenvalue weighted by Gasteiger charge is 2.53. The molecule has 6 heteroatoms. The molecule has 2 heterocycles. The van der Waals surface area contributed by atoms with E-state index in [9.17, 15) is 0 Å². The minimum atomic E-state index is -0.420. The summed E-state index contributed by atoms with van der Waals surface area (Å²) in [5.41, 5.74) is 4.52. The highest BCUT2D eigenvalue weighted by Crippen LogP contribution is 2.42. The lowest BCUT2D eigenvalue weighted by atomic mass is 9.74. The maximum absolute atomic E-state index is 6.55. The number of allylic oxidation sites excluding steroid dienone is 2. The van der Waals surface area contributed by atoms with Crippen molar-refractivity contribution in [1.82, 2.24) is 10.4 Å². The largest absolute Gasteiger partial charge is 0.496 e. The maximum Gasteiger partial charge on any atom is 0.496 e. The van der Waals surface area contributed by atoms with Crippen LogP contribution in [0.2, 0.25) is 0 Å².